The van der Waals surface area contributed by atoms with Gasteiger partial charge in [0, 0.05) is 25.4 Å². The van der Waals surface area contributed by atoms with Gasteiger partial charge in [-0.3, -0.25) is 0 Å². The van der Waals surface area contributed by atoms with Crippen LogP contribution in [0, 0.1) is 0 Å². The van der Waals surface area contributed by atoms with Crippen LogP contribution in [0.2, 0.25) is 0 Å². The van der Waals surface area contributed by atoms with Gasteiger partial charge >= 0.3 is 0 Å². The molecule has 0 atom stereocenters. The Labute approximate surface area is 120 Å². The molecule has 0 aliphatic heterocycles. The van der Waals surface area contributed by atoms with Crippen molar-refractivity contribution in [1.29, 1.82) is 0 Å². The van der Waals surface area contributed by atoms with Gasteiger partial charge in [-0.1, -0.05) is 12.1 Å². The number of aromatic nitrogens is 2. The van der Waals surface area contributed by atoms with E-state index in [-0.39, 0.29) is 0 Å². The zero-order chi connectivity index (χ0) is 14.2. The normalized spacial score (nSPS) is 10.7. The van der Waals surface area contributed by atoms with E-state index in [2.05, 4.69) is 33.2 Å². The van der Waals surface area contributed by atoms with Gasteiger partial charge in [-0.15, -0.1) is 0 Å². The zero-order valence-electron chi connectivity index (χ0n) is 12.3. The first kappa shape index (κ1) is 14.6. The maximum atomic E-state index is 5.17. The number of nitrogens with zero attached hydrogens (tertiary/aromatic N) is 2. The van der Waals surface area contributed by atoms with Crippen molar-refractivity contribution in [3.63, 3.8) is 0 Å². The highest BCUT2D eigenvalue weighted by molar-refractivity contribution is 5.27. The quantitative estimate of drug-likeness (QED) is 0.750. The van der Waals surface area contributed by atoms with E-state index in [1.54, 1.807) is 7.11 Å². The molecule has 0 radical (unpaired) electrons. The van der Waals surface area contributed by atoms with E-state index in [0.717, 1.165) is 43.9 Å². The van der Waals surface area contributed by atoms with E-state index in [1.165, 1.54) is 5.56 Å². The molecule has 0 bridgehead atoms. The molecule has 1 aromatic heterocycles. The van der Waals surface area contributed by atoms with Gasteiger partial charge in [0.25, 0.3) is 0 Å². The molecule has 2 rings (SSSR count). The summed E-state index contributed by atoms with van der Waals surface area (Å²) in [7, 11) is 3.68. The van der Waals surface area contributed by atoms with E-state index < -0.39 is 0 Å². The van der Waals surface area contributed by atoms with Gasteiger partial charge in [0.15, 0.2) is 0 Å². The third kappa shape index (κ3) is 4.10. The van der Waals surface area contributed by atoms with Gasteiger partial charge in [-0.25, -0.2) is 4.98 Å². The molecule has 4 nitrogen and oxygen atoms in total. The van der Waals surface area contributed by atoms with E-state index in [4.69, 9.17) is 4.74 Å². The molecule has 1 aromatic carbocycles. The SMILES string of the molecule is CNCCCn1ccnc1CCc1ccc(OC)cc1. The van der Waals surface area contributed by atoms with Crippen molar-refractivity contribution in [1.82, 2.24) is 14.9 Å². The van der Waals surface area contributed by atoms with Gasteiger partial charge < -0.3 is 14.6 Å². The Morgan fingerprint density at radius 3 is 2.70 bits per heavy atom. The maximum absolute atomic E-state index is 5.17. The third-order valence-corrected chi connectivity index (χ3v) is 3.42. The number of benzene rings is 1. The largest absolute Gasteiger partial charge is 0.497 e. The van der Waals surface area contributed by atoms with Gasteiger partial charge in [-0.05, 0) is 44.1 Å². The van der Waals surface area contributed by atoms with Crippen molar-refractivity contribution in [2.45, 2.75) is 25.8 Å². The zero-order valence-corrected chi connectivity index (χ0v) is 12.3. The van der Waals surface area contributed by atoms with Gasteiger partial charge in [-0.2, -0.15) is 0 Å². The molecule has 0 fully saturated rings. The van der Waals surface area contributed by atoms with Crippen molar-refractivity contribution in [2.24, 2.45) is 0 Å². The average molecular weight is 273 g/mol. The molecule has 0 aliphatic rings. The Bertz CT molecular complexity index is 505. The van der Waals surface area contributed by atoms with Crippen LogP contribution in [-0.4, -0.2) is 30.3 Å². The first-order chi connectivity index (χ1) is 9.83. The third-order valence-electron chi connectivity index (χ3n) is 3.42. The Morgan fingerprint density at radius 2 is 2.00 bits per heavy atom. The lowest BCUT2D eigenvalue weighted by Gasteiger charge is -2.08. The lowest BCUT2D eigenvalue weighted by molar-refractivity contribution is 0.414. The summed E-state index contributed by atoms with van der Waals surface area (Å²) in [5.74, 6) is 2.07. The number of methoxy groups -OCH3 is 1. The van der Waals surface area contributed by atoms with E-state index in [9.17, 15) is 0 Å². The minimum Gasteiger partial charge on any atom is -0.497 e. The molecule has 0 unspecified atom stereocenters. The van der Waals surface area contributed by atoms with Crippen LogP contribution in [0.3, 0.4) is 0 Å². The molecule has 0 saturated carbocycles. The van der Waals surface area contributed by atoms with Crippen molar-refractivity contribution in [3.05, 3.63) is 48.0 Å². The number of aryl methyl sites for hydroxylation is 3. The molecule has 1 heterocycles. The number of hydrogen-bond donors (Lipinski definition) is 1. The molecule has 0 saturated heterocycles. The van der Waals surface area contributed by atoms with Crippen molar-refractivity contribution < 1.29 is 4.74 Å². The maximum Gasteiger partial charge on any atom is 0.118 e. The van der Waals surface area contributed by atoms with Crippen LogP contribution in [0.15, 0.2) is 36.7 Å². The number of ether oxygens (including phenoxy) is 1. The van der Waals surface area contributed by atoms with E-state index in [0.29, 0.717) is 0 Å². The Morgan fingerprint density at radius 1 is 1.20 bits per heavy atom. The summed E-state index contributed by atoms with van der Waals surface area (Å²) < 4.78 is 7.42. The fraction of sp³-hybridized carbons (Fsp3) is 0.438. The lowest BCUT2D eigenvalue weighted by atomic mass is 10.1. The molecule has 2 aromatic rings. The summed E-state index contributed by atoms with van der Waals surface area (Å²) in [4.78, 5) is 4.46. The highest BCUT2D eigenvalue weighted by Gasteiger charge is 2.03. The van der Waals surface area contributed by atoms with Crippen LogP contribution in [0.1, 0.15) is 17.8 Å². The van der Waals surface area contributed by atoms with Crippen molar-refractivity contribution in [2.75, 3.05) is 20.7 Å². The second-order valence-electron chi connectivity index (χ2n) is 4.84. The lowest BCUT2D eigenvalue weighted by Crippen LogP contribution is -2.12. The fourth-order valence-electron chi connectivity index (χ4n) is 2.25. The molecule has 108 valence electrons. The summed E-state index contributed by atoms with van der Waals surface area (Å²) in [5.41, 5.74) is 1.32. The summed E-state index contributed by atoms with van der Waals surface area (Å²) in [6, 6.07) is 8.25. The van der Waals surface area contributed by atoms with Crippen LogP contribution in [-0.2, 0) is 19.4 Å². The molecular weight excluding hydrogens is 250 g/mol. The highest BCUT2D eigenvalue weighted by Crippen LogP contribution is 2.13. The monoisotopic (exact) mass is 273 g/mol. The van der Waals surface area contributed by atoms with Crippen LogP contribution < -0.4 is 10.1 Å². The Balaban J connectivity index is 1.88. The van der Waals surface area contributed by atoms with Gasteiger partial charge in [0.1, 0.15) is 11.6 Å². The fourth-order valence-corrected chi connectivity index (χ4v) is 2.25. The van der Waals surface area contributed by atoms with Crippen LogP contribution in [0.25, 0.3) is 0 Å². The number of imidazole rings is 1. The second kappa shape index (κ2) is 7.70. The van der Waals surface area contributed by atoms with Crippen LogP contribution in [0.4, 0.5) is 0 Å². The van der Waals surface area contributed by atoms with Gasteiger partial charge in [0.05, 0.1) is 7.11 Å². The van der Waals surface area contributed by atoms with Crippen LogP contribution in [0.5, 0.6) is 5.75 Å². The summed E-state index contributed by atoms with van der Waals surface area (Å²) >= 11 is 0. The minimum atomic E-state index is 0.905. The summed E-state index contributed by atoms with van der Waals surface area (Å²) in [6.07, 6.45) is 7.07. The molecule has 0 spiro atoms. The summed E-state index contributed by atoms with van der Waals surface area (Å²) in [6.45, 7) is 2.06. The first-order valence-corrected chi connectivity index (χ1v) is 7.11. The topological polar surface area (TPSA) is 39.1 Å². The number of rotatable bonds is 8. The minimum absolute atomic E-state index is 0.905. The van der Waals surface area contributed by atoms with Gasteiger partial charge in [0.2, 0.25) is 0 Å². The molecule has 4 heteroatoms. The van der Waals surface area contributed by atoms with Crippen LogP contribution >= 0.6 is 0 Å². The molecule has 20 heavy (non-hydrogen) atoms. The van der Waals surface area contributed by atoms with Crippen molar-refractivity contribution >= 4 is 0 Å². The standard InChI is InChI=1S/C16H23N3O/c1-17-10-3-12-19-13-11-18-16(19)9-6-14-4-7-15(20-2)8-5-14/h4-5,7-8,11,13,17H,3,6,9-10,12H2,1-2H3. The Hall–Kier alpha value is -1.81. The second-order valence-corrected chi connectivity index (χ2v) is 4.84. The number of hydrogen-bond acceptors (Lipinski definition) is 3. The molecule has 0 aliphatic carbocycles. The first-order valence-electron chi connectivity index (χ1n) is 7.11. The predicted octanol–water partition coefficient (Wildman–Crippen LogP) is 2.29. The smallest absolute Gasteiger partial charge is 0.118 e. The predicted molar refractivity (Wildman–Crippen MR) is 81.2 cm³/mol. The average Bonchev–Trinajstić information content (AvgIpc) is 2.93. The molecule has 1 N–H and O–H groups in total. The Kier molecular flexibility index (Phi) is 5.62. The molecule has 0 amide bonds. The van der Waals surface area contributed by atoms with Crippen molar-refractivity contribution in [3.8, 4) is 5.75 Å². The summed E-state index contributed by atoms with van der Waals surface area (Å²) in [5, 5.41) is 3.17. The van der Waals surface area contributed by atoms with E-state index in [1.807, 2.05) is 25.4 Å². The highest BCUT2D eigenvalue weighted by atomic mass is 16.5. The number of nitrogens with one attached hydrogen (secondary N) is 1. The van der Waals surface area contributed by atoms with E-state index >= 15 is 0 Å². The molecular formula is C16H23N3O.